The molecule has 0 saturated heterocycles. The molecule has 0 amide bonds. The number of methoxy groups -OCH3 is 3. The van der Waals surface area contributed by atoms with Gasteiger partial charge in [-0.2, -0.15) is 0 Å². The minimum Gasteiger partial charge on any atom is -0.497 e. The van der Waals surface area contributed by atoms with Gasteiger partial charge in [0, 0.05) is 90.6 Å². The van der Waals surface area contributed by atoms with Crippen LogP contribution in [-0.2, 0) is 19.4 Å². The summed E-state index contributed by atoms with van der Waals surface area (Å²) in [4.78, 5) is 35.8. The molecule has 0 aliphatic carbocycles. The Bertz CT molecular complexity index is 5370. The highest BCUT2D eigenvalue weighted by Gasteiger charge is 2.23. The molecule has 0 fully saturated rings. The molecule has 121 heavy (non-hydrogen) atoms. The second-order valence-electron chi connectivity index (χ2n) is 30.6. The number of aromatic nitrogens is 6. The van der Waals surface area contributed by atoms with Crippen LogP contribution in [0, 0.1) is 27.7 Å². The van der Waals surface area contributed by atoms with Crippen molar-refractivity contribution in [2.45, 2.75) is 138 Å². The number of nitrogens with zero attached hydrogens (tertiary/aromatic N) is 9. The van der Waals surface area contributed by atoms with Gasteiger partial charge >= 0.3 is 0 Å². The number of aryl methyl sites for hydroxylation is 6. The molecule has 15 rings (SSSR count). The fourth-order valence-corrected chi connectivity index (χ4v) is 15.4. The van der Waals surface area contributed by atoms with Crippen molar-refractivity contribution in [1.29, 1.82) is 0 Å². The summed E-state index contributed by atoms with van der Waals surface area (Å²) in [5, 5.41) is 9.52. The fourth-order valence-electron chi connectivity index (χ4n) is 15.4. The standard InChI is InChI=1S/C54H43N5.C33H46N2.C21H22N2O4/c1-40-33-42(35-50(34-40)57(44-21-9-3-10-22-44)45-23-11-4-12-24-45)53-39-54(56-41(2)55-53)43-36-51(58(46-25-13-5-14-26-46)47-27-15-6-16-28-47)38-52(37-43)59(48-29-17-7-18-30-48)49-31-19-8-20-32-49;1-4-6-8-10-12-14-18-28-20-16-22-30(24-28)32-26-33(35-27(3)34-32)31-23-17-21-29(25-31)19-15-13-11-9-7-5-2;1-13-22-20(15-5-14(12-24)6-17(7-15)25-2)11-21(23-13)16-8-18(26-3)10-19(9-16)27-4/h3-39H,1-2H3;16-17,20-26H,4-15,18-19H2,1-3H3;5-11,24H,12H2,1-4H3. The van der Waals surface area contributed by atoms with Gasteiger partial charge in [0.25, 0.3) is 0 Å². The second kappa shape index (κ2) is 43.4. The maximum absolute atomic E-state index is 9.52. The summed E-state index contributed by atoms with van der Waals surface area (Å²) >= 11 is 0. The normalized spacial score (nSPS) is 10.9. The first-order valence-electron chi connectivity index (χ1n) is 42.6. The Balaban J connectivity index is 0.000000173. The lowest BCUT2D eigenvalue weighted by molar-refractivity contribution is 0.281. The summed E-state index contributed by atoms with van der Waals surface area (Å²) in [6, 6.07) is 112. The van der Waals surface area contributed by atoms with E-state index in [-0.39, 0.29) is 6.61 Å². The van der Waals surface area contributed by atoms with Gasteiger partial charge in [0.1, 0.15) is 34.7 Å². The molecule has 3 heterocycles. The molecule has 0 bridgehead atoms. The third kappa shape index (κ3) is 23.6. The highest BCUT2D eigenvalue weighted by molar-refractivity contribution is 5.88. The summed E-state index contributed by atoms with van der Waals surface area (Å²) in [5.74, 6) is 4.20. The van der Waals surface area contributed by atoms with E-state index in [2.05, 4.69) is 324 Å². The zero-order chi connectivity index (χ0) is 84.1. The van der Waals surface area contributed by atoms with E-state index in [9.17, 15) is 5.11 Å². The number of unbranched alkanes of at least 4 members (excludes halogenated alkanes) is 10. The van der Waals surface area contributed by atoms with E-state index in [1.165, 1.54) is 99.3 Å². The Hall–Kier alpha value is -13.4. The van der Waals surface area contributed by atoms with Gasteiger partial charge in [-0.15, -0.1) is 0 Å². The molecular weight excluding hydrogens is 1490 g/mol. The van der Waals surface area contributed by atoms with E-state index >= 15 is 0 Å². The predicted molar refractivity (Wildman–Crippen MR) is 501 cm³/mol. The lowest BCUT2D eigenvalue weighted by atomic mass is 10.00. The number of aliphatic hydroxyl groups is 1. The summed E-state index contributed by atoms with van der Waals surface area (Å²) in [7, 11) is 4.82. The van der Waals surface area contributed by atoms with Crippen molar-refractivity contribution in [1.82, 2.24) is 29.9 Å². The zero-order valence-corrected chi connectivity index (χ0v) is 71.4. The lowest BCUT2D eigenvalue weighted by Gasteiger charge is -2.30. The van der Waals surface area contributed by atoms with Crippen LogP contribution in [0.3, 0.4) is 0 Å². The largest absolute Gasteiger partial charge is 0.497 e. The molecule has 12 aromatic carbocycles. The number of hydrogen-bond donors (Lipinski definition) is 1. The Morgan fingerprint density at radius 3 is 0.851 bits per heavy atom. The van der Waals surface area contributed by atoms with Crippen molar-refractivity contribution >= 4 is 51.2 Å². The van der Waals surface area contributed by atoms with Crippen LogP contribution in [0.15, 0.2) is 322 Å². The Labute approximate surface area is 716 Å². The first kappa shape index (κ1) is 85.5. The number of aliphatic hydroxyl groups excluding tert-OH is 1. The minimum atomic E-state index is -0.0752. The lowest BCUT2D eigenvalue weighted by Crippen LogP contribution is -2.13. The van der Waals surface area contributed by atoms with Crippen LogP contribution in [0.1, 0.15) is 131 Å². The van der Waals surface area contributed by atoms with Crippen molar-refractivity contribution in [3.8, 4) is 84.8 Å². The molecule has 0 unspecified atom stereocenters. The topological polar surface area (TPSA) is 135 Å². The van der Waals surface area contributed by atoms with Gasteiger partial charge in [-0.25, -0.2) is 29.9 Å². The smallest absolute Gasteiger partial charge is 0.126 e. The van der Waals surface area contributed by atoms with Gasteiger partial charge in [0.2, 0.25) is 0 Å². The summed E-state index contributed by atoms with van der Waals surface area (Å²) < 4.78 is 16.1. The first-order chi connectivity index (χ1) is 59.3. The maximum Gasteiger partial charge on any atom is 0.126 e. The molecule has 0 radical (unpaired) electrons. The second-order valence-corrected chi connectivity index (χ2v) is 30.6. The van der Waals surface area contributed by atoms with Crippen LogP contribution in [0.4, 0.5) is 51.2 Å². The first-order valence-corrected chi connectivity index (χ1v) is 42.6. The highest BCUT2D eigenvalue weighted by atomic mass is 16.5. The van der Waals surface area contributed by atoms with E-state index in [4.69, 9.17) is 34.1 Å². The molecule has 1 N–H and O–H groups in total. The van der Waals surface area contributed by atoms with Gasteiger partial charge in [-0.1, -0.05) is 224 Å². The van der Waals surface area contributed by atoms with E-state index in [0.29, 0.717) is 28.9 Å². The van der Waals surface area contributed by atoms with Crippen molar-refractivity contribution < 1.29 is 19.3 Å². The van der Waals surface area contributed by atoms with E-state index < -0.39 is 0 Å². The van der Waals surface area contributed by atoms with Crippen molar-refractivity contribution in [2.75, 3.05) is 36.0 Å². The zero-order valence-electron chi connectivity index (χ0n) is 71.4. The number of rotatable bonds is 33. The van der Waals surface area contributed by atoms with Gasteiger partial charge in [0.05, 0.1) is 62.1 Å². The number of para-hydroxylation sites is 6. The van der Waals surface area contributed by atoms with Crippen LogP contribution in [0.2, 0.25) is 0 Å². The van der Waals surface area contributed by atoms with Gasteiger partial charge in [0.15, 0.2) is 0 Å². The van der Waals surface area contributed by atoms with Crippen LogP contribution < -0.4 is 28.9 Å². The van der Waals surface area contributed by atoms with Gasteiger partial charge in [-0.05, 0) is 245 Å². The van der Waals surface area contributed by atoms with Crippen molar-refractivity contribution in [2.24, 2.45) is 0 Å². The maximum atomic E-state index is 9.52. The molecule has 0 saturated carbocycles. The summed E-state index contributed by atoms with van der Waals surface area (Å²) in [6.45, 7) is 12.5. The number of hydrogen-bond acceptors (Lipinski definition) is 13. The monoisotopic (exact) mass is 1600 g/mol. The Morgan fingerprint density at radius 2 is 0.521 bits per heavy atom. The molecule has 13 heteroatoms. The van der Waals surface area contributed by atoms with Gasteiger partial charge < -0.3 is 34.0 Å². The molecule has 0 aliphatic heterocycles. The average molecular weight is 1600 g/mol. The quantitative estimate of drug-likeness (QED) is 0.0391. The SMILES string of the molecule is CCCCCCCCc1cccc(-c2cc(-c3cccc(CCCCCCCC)c3)nc(C)n2)c1.COc1cc(CO)cc(-c2cc(-c3cc(OC)cc(OC)c3)nc(C)n2)c1.Cc1cc(-c2cc(-c3cc(N(c4ccccc4)c4ccccc4)cc(N(c4ccccc4)c4ccccc4)c3)nc(C)n2)cc(N(c2ccccc2)c2ccccc2)c1. The predicted octanol–water partition coefficient (Wildman–Crippen LogP) is 28.4. The fraction of sp³-hybridized carbons (Fsp3) is 0.222. The molecular formula is C108H111N9O4. The molecule has 0 spiro atoms. The Morgan fingerprint density at radius 1 is 0.240 bits per heavy atom. The minimum absolute atomic E-state index is 0.0752. The summed E-state index contributed by atoms with van der Waals surface area (Å²) in [5.41, 5.74) is 25.5. The van der Waals surface area contributed by atoms with Crippen LogP contribution in [0.25, 0.3) is 67.5 Å². The van der Waals surface area contributed by atoms with E-state index in [0.717, 1.165) is 137 Å². The van der Waals surface area contributed by atoms with E-state index in [1.54, 1.807) is 27.4 Å². The van der Waals surface area contributed by atoms with Crippen LogP contribution in [0.5, 0.6) is 17.2 Å². The molecule has 15 aromatic rings. The number of benzene rings is 12. The number of ether oxygens (including phenoxy) is 3. The highest BCUT2D eigenvalue weighted by Crippen LogP contribution is 2.45. The Kier molecular flexibility index (Phi) is 30.7. The molecule has 13 nitrogen and oxygen atoms in total. The third-order valence-corrected chi connectivity index (χ3v) is 21.3. The summed E-state index contributed by atoms with van der Waals surface area (Å²) in [6.07, 6.45) is 18.3. The van der Waals surface area contributed by atoms with E-state index in [1.807, 2.05) is 57.2 Å². The molecule has 3 aromatic heterocycles. The van der Waals surface area contributed by atoms with Gasteiger partial charge in [-0.3, -0.25) is 0 Å². The van der Waals surface area contributed by atoms with Crippen molar-refractivity contribution in [3.05, 3.63) is 361 Å². The average Bonchev–Trinajstić information content (AvgIpc) is 0.765. The molecule has 0 atom stereocenters. The third-order valence-electron chi connectivity index (χ3n) is 21.3. The van der Waals surface area contributed by atoms with Crippen LogP contribution in [-0.4, -0.2) is 56.3 Å². The molecule has 0 aliphatic rings. The van der Waals surface area contributed by atoms with Crippen LogP contribution >= 0.6 is 0 Å². The molecule has 612 valence electrons. The number of anilines is 9. The van der Waals surface area contributed by atoms with Crippen molar-refractivity contribution in [3.63, 3.8) is 0 Å².